The number of likely N-dealkylation sites (N-methyl/N-ethyl adjacent to an activating group) is 1. The highest BCUT2D eigenvalue weighted by atomic mass is 15.3. The van der Waals surface area contributed by atoms with Crippen LogP contribution in [0.3, 0.4) is 0 Å². The van der Waals surface area contributed by atoms with Crippen molar-refractivity contribution >= 4 is 5.82 Å². The summed E-state index contributed by atoms with van der Waals surface area (Å²) in [5.41, 5.74) is 1.28. The fourth-order valence-electron chi connectivity index (χ4n) is 3.46. The minimum absolute atomic E-state index is 0.807. The molecule has 1 aliphatic carbocycles. The van der Waals surface area contributed by atoms with Crippen molar-refractivity contribution in [3.05, 3.63) is 36.0 Å². The van der Waals surface area contributed by atoms with Gasteiger partial charge in [-0.05, 0) is 49.9 Å². The van der Waals surface area contributed by atoms with Gasteiger partial charge in [0.2, 0.25) is 0 Å². The van der Waals surface area contributed by atoms with Gasteiger partial charge >= 0.3 is 0 Å². The van der Waals surface area contributed by atoms with Crippen LogP contribution in [0.25, 0.3) is 0 Å². The first-order valence-corrected chi connectivity index (χ1v) is 9.13. The third-order valence-electron chi connectivity index (χ3n) is 5.09. The summed E-state index contributed by atoms with van der Waals surface area (Å²) >= 11 is 0. The van der Waals surface area contributed by atoms with E-state index in [1.165, 1.54) is 24.8 Å². The molecule has 1 fully saturated rings. The summed E-state index contributed by atoms with van der Waals surface area (Å²) in [6.07, 6.45) is 10.5. The quantitative estimate of drug-likeness (QED) is 0.818. The standard InChI is InChI=1S/C19H30N4/c1-2-22-10-12-23(13-11-22)19-9-8-18(16-21-19)15-20-14-17-6-4-3-5-7-17/h3-4,8-9,16-17,20H,2,5-7,10-15H2,1H3. The summed E-state index contributed by atoms with van der Waals surface area (Å²) < 4.78 is 0. The molecule has 1 unspecified atom stereocenters. The van der Waals surface area contributed by atoms with Gasteiger partial charge in [0.1, 0.15) is 5.82 Å². The average Bonchev–Trinajstić information content (AvgIpc) is 2.63. The Labute approximate surface area is 140 Å². The largest absolute Gasteiger partial charge is 0.354 e. The number of aromatic nitrogens is 1. The molecular formula is C19H30N4. The van der Waals surface area contributed by atoms with Crippen molar-refractivity contribution in [3.63, 3.8) is 0 Å². The van der Waals surface area contributed by atoms with Crippen molar-refractivity contribution in [2.24, 2.45) is 5.92 Å². The Bertz CT molecular complexity index is 489. The van der Waals surface area contributed by atoms with Gasteiger partial charge in [-0.15, -0.1) is 0 Å². The SMILES string of the molecule is CCN1CCN(c2ccc(CNCC3CC=CCC3)cn2)CC1. The van der Waals surface area contributed by atoms with E-state index in [1.807, 2.05) is 6.20 Å². The summed E-state index contributed by atoms with van der Waals surface area (Å²) in [5, 5.41) is 3.59. The molecule has 0 amide bonds. The molecule has 0 spiro atoms. The molecule has 0 radical (unpaired) electrons. The van der Waals surface area contributed by atoms with Gasteiger partial charge in [0, 0.05) is 38.9 Å². The number of nitrogens with one attached hydrogen (secondary N) is 1. The maximum absolute atomic E-state index is 4.67. The second kappa shape index (κ2) is 8.46. The van der Waals surface area contributed by atoms with Crippen LogP contribution in [0, 0.1) is 5.92 Å². The number of hydrogen-bond acceptors (Lipinski definition) is 4. The van der Waals surface area contributed by atoms with E-state index in [0.29, 0.717) is 0 Å². The first-order chi connectivity index (χ1) is 11.3. The smallest absolute Gasteiger partial charge is 0.128 e. The Kier molecular flexibility index (Phi) is 6.06. The maximum atomic E-state index is 4.67. The Morgan fingerprint density at radius 1 is 1.17 bits per heavy atom. The highest BCUT2D eigenvalue weighted by Crippen LogP contribution is 2.17. The number of pyridine rings is 1. The highest BCUT2D eigenvalue weighted by Gasteiger charge is 2.16. The highest BCUT2D eigenvalue weighted by molar-refractivity contribution is 5.39. The topological polar surface area (TPSA) is 31.4 Å². The molecule has 1 aromatic rings. The number of hydrogen-bond donors (Lipinski definition) is 1. The zero-order valence-corrected chi connectivity index (χ0v) is 14.4. The van der Waals surface area contributed by atoms with Gasteiger partial charge in [0.05, 0.1) is 0 Å². The van der Waals surface area contributed by atoms with Crippen LogP contribution in [0.15, 0.2) is 30.5 Å². The Morgan fingerprint density at radius 2 is 2.04 bits per heavy atom. The van der Waals surface area contributed by atoms with E-state index in [9.17, 15) is 0 Å². The van der Waals surface area contributed by atoms with E-state index in [2.05, 4.69) is 51.3 Å². The Balaban J connectivity index is 1.43. The molecule has 1 atom stereocenters. The summed E-state index contributed by atoms with van der Waals surface area (Å²) in [7, 11) is 0. The molecule has 1 saturated heterocycles. The zero-order valence-electron chi connectivity index (χ0n) is 14.4. The van der Waals surface area contributed by atoms with Gasteiger partial charge in [0.25, 0.3) is 0 Å². The van der Waals surface area contributed by atoms with Crippen LogP contribution >= 0.6 is 0 Å². The predicted octanol–water partition coefficient (Wildman–Crippen LogP) is 2.67. The third kappa shape index (κ3) is 4.79. The van der Waals surface area contributed by atoms with Crippen molar-refractivity contribution in [2.75, 3.05) is 44.2 Å². The van der Waals surface area contributed by atoms with E-state index in [0.717, 1.165) is 57.5 Å². The zero-order chi connectivity index (χ0) is 15.9. The summed E-state index contributed by atoms with van der Waals surface area (Å²) in [6.45, 7) is 9.92. The molecule has 0 bridgehead atoms. The summed E-state index contributed by atoms with van der Waals surface area (Å²) in [4.78, 5) is 9.57. The van der Waals surface area contributed by atoms with Crippen LogP contribution in [0.2, 0.25) is 0 Å². The van der Waals surface area contributed by atoms with Crippen LogP contribution in [-0.4, -0.2) is 49.2 Å². The molecule has 23 heavy (non-hydrogen) atoms. The third-order valence-corrected chi connectivity index (χ3v) is 5.09. The van der Waals surface area contributed by atoms with Crippen molar-refractivity contribution < 1.29 is 0 Å². The monoisotopic (exact) mass is 314 g/mol. The first-order valence-electron chi connectivity index (χ1n) is 9.13. The fourth-order valence-corrected chi connectivity index (χ4v) is 3.46. The number of rotatable bonds is 6. The Morgan fingerprint density at radius 3 is 2.70 bits per heavy atom. The molecule has 4 nitrogen and oxygen atoms in total. The fraction of sp³-hybridized carbons (Fsp3) is 0.632. The van der Waals surface area contributed by atoms with Crippen molar-refractivity contribution in [1.82, 2.24) is 15.2 Å². The predicted molar refractivity (Wildman–Crippen MR) is 96.8 cm³/mol. The summed E-state index contributed by atoms with van der Waals surface area (Å²) in [5.74, 6) is 1.93. The van der Waals surface area contributed by atoms with Gasteiger partial charge in [-0.25, -0.2) is 4.98 Å². The molecule has 2 aliphatic rings. The molecule has 3 rings (SSSR count). The molecule has 0 saturated carbocycles. The van der Waals surface area contributed by atoms with Crippen LogP contribution in [0.4, 0.5) is 5.82 Å². The minimum Gasteiger partial charge on any atom is -0.354 e. The molecule has 4 heteroatoms. The van der Waals surface area contributed by atoms with Crippen molar-refractivity contribution in [3.8, 4) is 0 Å². The van der Waals surface area contributed by atoms with E-state index >= 15 is 0 Å². The minimum atomic E-state index is 0.807. The molecular weight excluding hydrogens is 284 g/mol. The normalized spacial score (nSPS) is 22.5. The lowest BCUT2D eigenvalue weighted by molar-refractivity contribution is 0.270. The van der Waals surface area contributed by atoms with Gasteiger partial charge in [-0.2, -0.15) is 0 Å². The lowest BCUT2D eigenvalue weighted by Gasteiger charge is -2.34. The van der Waals surface area contributed by atoms with Crippen LogP contribution < -0.4 is 10.2 Å². The molecule has 126 valence electrons. The van der Waals surface area contributed by atoms with E-state index < -0.39 is 0 Å². The van der Waals surface area contributed by atoms with Gasteiger partial charge < -0.3 is 15.1 Å². The molecule has 1 aliphatic heterocycles. The van der Waals surface area contributed by atoms with Crippen LogP contribution in [-0.2, 0) is 6.54 Å². The van der Waals surface area contributed by atoms with Crippen molar-refractivity contribution in [1.29, 1.82) is 0 Å². The molecule has 0 aromatic carbocycles. The van der Waals surface area contributed by atoms with Gasteiger partial charge in [-0.3, -0.25) is 0 Å². The first kappa shape index (κ1) is 16.5. The number of piperazine rings is 1. The van der Waals surface area contributed by atoms with Gasteiger partial charge in [-0.1, -0.05) is 25.1 Å². The lowest BCUT2D eigenvalue weighted by atomic mass is 9.94. The van der Waals surface area contributed by atoms with Crippen LogP contribution in [0.5, 0.6) is 0 Å². The number of nitrogens with zero attached hydrogens (tertiary/aromatic N) is 3. The molecule has 2 heterocycles. The van der Waals surface area contributed by atoms with E-state index in [-0.39, 0.29) is 0 Å². The van der Waals surface area contributed by atoms with Crippen molar-refractivity contribution in [2.45, 2.75) is 32.7 Å². The van der Waals surface area contributed by atoms with E-state index in [4.69, 9.17) is 0 Å². The second-order valence-corrected chi connectivity index (χ2v) is 6.73. The average molecular weight is 314 g/mol. The van der Waals surface area contributed by atoms with E-state index in [1.54, 1.807) is 0 Å². The number of allylic oxidation sites excluding steroid dienone is 2. The van der Waals surface area contributed by atoms with Gasteiger partial charge in [0.15, 0.2) is 0 Å². The molecule has 1 aromatic heterocycles. The van der Waals surface area contributed by atoms with Crippen LogP contribution in [0.1, 0.15) is 31.7 Å². The second-order valence-electron chi connectivity index (χ2n) is 6.73. The Hall–Kier alpha value is -1.39. The lowest BCUT2D eigenvalue weighted by Crippen LogP contribution is -2.46. The molecule has 1 N–H and O–H groups in total. The summed E-state index contributed by atoms with van der Waals surface area (Å²) in [6, 6.07) is 4.41. The number of anilines is 1. The maximum Gasteiger partial charge on any atom is 0.128 e.